The lowest BCUT2D eigenvalue weighted by Crippen LogP contribution is -2.08. The number of carbonyl (C=O) groups excluding carboxylic acids is 1. The molecule has 2 nitrogen and oxygen atoms in total. The Hall–Kier alpha value is 0.340. The van der Waals surface area contributed by atoms with E-state index in [1.54, 1.807) is 0 Å². The highest BCUT2D eigenvalue weighted by Gasteiger charge is 2.19. The van der Waals surface area contributed by atoms with Crippen molar-refractivity contribution in [3.63, 3.8) is 0 Å². The van der Waals surface area contributed by atoms with Crippen molar-refractivity contribution in [2.24, 2.45) is 0 Å². The van der Waals surface area contributed by atoms with E-state index in [0.717, 1.165) is 12.8 Å². The van der Waals surface area contributed by atoms with Crippen LogP contribution in [0.1, 0.15) is 39.0 Å². The molecule has 0 unspecified atom stereocenters. The predicted octanol–water partition coefficient (Wildman–Crippen LogP) is 3.87. The van der Waals surface area contributed by atoms with Crippen molar-refractivity contribution in [3.05, 3.63) is 0 Å². The summed E-state index contributed by atoms with van der Waals surface area (Å²) in [4.78, 5) is 11.1. The first-order valence-electron chi connectivity index (χ1n) is 4.68. The molecule has 0 spiro atoms. The lowest BCUT2D eigenvalue weighted by molar-refractivity contribution is -0.143. The van der Waals surface area contributed by atoms with Crippen molar-refractivity contribution < 1.29 is 9.53 Å². The van der Waals surface area contributed by atoms with E-state index in [2.05, 4.69) is 0 Å². The number of ether oxygens (including phenoxy) is 1. The highest BCUT2D eigenvalue weighted by molar-refractivity contribution is 6.67. The van der Waals surface area contributed by atoms with Crippen LogP contribution in [0.15, 0.2) is 0 Å². The second-order valence-electron chi connectivity index (χ2n) is 3.04. The van der Waals surface area contributed by atoms with Crippen molar-refractivity contribution in [3.8, 4) is 0 Å². The minimum Gasteiger partial charge on any atom is -0.466 e. The van der Waals surface area contributed by atoms with Crippen LogP contribution < -0.4 is 0 Å². The molecule has 0 rings (SSSR count). The van der Waals surface area contributed by atoms with Gasteiger partial charge in [0.2, 0.25) is 0 Å². The molecule has 0 amide bonds. The van der Waals surface area contributed by atoms with Gasteiger partial charge in [-0.25, -0.2) is 0 Å². The molecule has 0 aliphatic heterocycles. The van der Waals surface area contributed by atoms with E-state index in [1.807, 2.05) is 6.92 Å². The van der Waals surface area contributed by atoms with Crippen molar-refractivity contribution in [1.29, 1.82) is 0 Å². The first-order valence-corrected chi connectivity index (χ1v) is 5.81. The molecule has 0 bridgehead atoms. The minimum atomic E-state index is -1.26. The van der Waals surface area contributed by atoms with Crippen molar-refractivity contribution in [1.82, 2.24) is 0 Å². The van der Waals surface area contributed by atoms with Gasteiger partial charge in [-0.1, -0.05) is 48.1 Å². The number of esters is 1. The maximum Gasteiger partial charge on any atom is 0.305 e. The smallest absolute Gasteiger partial charge is 0.305 e. The molecule has 0 radical (unpaired) electrons. The monoisotopic (exact) mass is 260 g/mol. The Labute approximate surface area is 99.8 Å². The Morgan fingerprint density at radius 3 is 2.43 bits per heavy atom. The van der Waals surface area contributed by atoms with Crippen LogP contribution in [0.2, 0.25) is 0 Å². The number of rotatable bonds is 6. The third kappa shape index (κ3) is 10.4. The summed E-state index contributed by atoms with van der Waals surface area (Å²) in [6.45, 7) is 2.53. The van der Waals surface area contributed by atoms with Crippen molar-refractivity contribution in [2.75, 3.05) is 6.61 Å². The number of halogens is 3. The standard InChI is InChI=1S/C9H15Cl3O2/c1-2-3-7-14-8(13)5-4-6-9(10,11)12/h2-7H2,1H3. The highest BCUT2D eigenvalue weighted by Crippen LogP contribution is 2.31. The average molecular weight is 262 g/mol. The molecule has 0 aromatic carbocycles. The van der Waals surface area contributed by atoms with Crippen LogP contribution >= 0.6 is 34.8 Å². The van der Waals surface area contributed by atoms with E-state index in [4.69, 9.17) is 39.5 Å². The highest BCUT2D eigenvalue weighted by atomic mass is 35.6. The molecule has 14 heavy (non-hydrogen) atoms. The van der Waals surface area contributed by atoms with Gasteiger partial charge in [-0.05, 0) is 19.3 Å². The van der Waals surface area contributed by atoms with Crippen LogP contribution in [0.4, 0.5) is 0 Å². The van der Waals surface area contributed by atoms with Crippen LogP contribution in [0.25, 0.3) is 0 Å². The topological polar surface area (TPSA) is 26.3 Å². The third-order valence-electron chi connectivity index (χ3n) is 1.60. The maximum atomic E-state index is 11.1. The van der Waals surface area contributed by atoms with E-state index in [0.29, 0.717) is 25.9 Å². The van der Waals surface area contributed by atoms with Gasteiger partial charge in [0.1, 0.15) is 0 Å². The number of carbonyl (C=O) groups is 1. The molecule has 0 atom stereocenters. The lowest BCUT2D eigenvalue weighted by Gasteiger charge is -2.09. The largest absolute Gasteiger partial charge is 0.466 e. The molecule has 0 N–H and O–H groups in total. The summed E-state index contributed by atoms with van der Waals surface area (Å²) in [7, 11) is 0. The SMILES string of the molecule is CCCCOC(=O)CCCC(Cl)(Cl)Cl. The van der Waals surface area contributed by atoms with Crippen molar-refractivity contribution >= 4 is 40.8 Å². The minimum absolute atomic E-state index is 0.215. The second-order valence-corrected chi connectivity index (χ2v) is 5.56. The van der Waals surface area contributed by atoms with E-state index < -0.39 is 3.79 Å². The summed E-state index contributed by atoms with van der Waals surface area (Å²) in [5.74, 6) is -0.215. The Morgan fingerprint density at radius 2 is 1.93 bits per heavy atom. The normalized spacial score (nSPS) is 11.4. The Morgan fingerprint density at radius 1 is 1.29 bits per heavy atom. The van der Waals surface area contributed by atoms with Crippen LogP contribution in [-0.2, 0) is 9.53 Å². The fraction of sp³-hybridized carbons (Fsp3) is 0.889. The van der Waals surface area contributed by atoms with Gasteiger partial charge in [0, 0.05) is 6.42 Å². The Balaban J connectivity index is 3.36. The first kappa shape index (κ1) is 14.3. The zero-order valence-electron chi connectivity index (χ0n) is 8.19. The molecule has 0 aromatic rings. The zero-order chi connectivity index (χ0) is 11.0. The molecule has 0 saturated heterocycles. The summed E-state index contributed by atoms with van der Waals surface area (Å²) >= 11 is 16.6. The van der Waals surface area contributed by atoms with Crippen LogP contribution in [-0.4, -0.2) is 16.4 Å². The summed E-state index contributed by atoms with van der Waals surface area (Å²) in [5.41, 5.74) is 0. The van der Waals surface area contributed by atoms with Crippen molar-refractivity contribution in [2.45, 2.75) is 42.8 Å². The summed E-state index contributed by atoms with van der Waals surface area (Å²) < 4.78 is 3.67. The lowest BCUT2D eigenvalue weighted by atomic mass is 10.2. The van der Waals surface area contributed by atoms with Crippen LogP contribution in [0, 0.1) is 0 Å². The first-order chi connectivity index (χ1) is 6.45. The number of hydrogen-bond donors (Lipinski definition) is 0. The third-order valence-corrected chi connectivity index (χ3v) is 2.17. The van der Waals surface area contributed by atoms with Gasteiger partial charge in [-0.15, -0.1) is 0 Å². The van der Waals surface area contributed by atoms with E-state index in [-0.39, 0.29) is 5.97 Å². The van der Waals surface area contributed by atoms with Gasteiger partial charge in [-0.2, -0.15) is 0 Å². The molecule has 0 aromatic heterocycles. The molecule has 0 heterocycles. The van der Waals surface area contributed by atoms with Gasteiger partial charge in [-0.3, -0.25) is 4.79 Å². The fourth-order valence-electron chi connectivity index (χ4n) is 0.836. The Kier molecular flexibility index (Phi) is 7.79. The summed E-state index contributed by atoms with van der Waals surface area (Å²) in [6.07, 6.45) is 3.15. The molecular formula is C9H15Cl3O2. The van der Waals surface area contributed by atoms with Gasteiger partial charge in [0.05, 0.1) is 6.61 Å². The number of alkyl halides is 3. The van der Waals surface area contributed by atoms with Crippen LogP contribution in [0.5, 0.6) is 0 Å². The summed E-state index contributed by atoms with van der Waals surface area (Å²) in [6, 6.07) is 0. The molecule has 84 valence electrons. The maximum absolute atomic E-state index is 11.1. The predicted molar refractivity (Wildman–Crippen MR) is 60.0 cm³/mol. The van der Waals surface area contributed by atoms with Gasteiger partial charge in [0.25, 0.3) is 0 Å². The Bertz CT molecular complexity index is 166. The summed E-state index contributed by atoms with van der Waals surface area (Å²) in [5, 5.41) is 0. The van der Waals surface area contributed by atoms with E-state index >= 15 is 0 Å². The van der Waals surface area contributed by atoms with Crippen LogP contribution in [0.3, 0.4) is 0 Å². The van der Waals surface area contributed by atoms with Gasteiger partial charge >= 0.3 is 5.97 Å². The molecular weight excluding hydrogens is 246 g/mol. The zero-order valence-corrected chi connectivity index (χ0v) is 10.5. The van der Waals surface area contributed by atoms with Gasteiger partial charge in [0.15, 0.2) is 3.79 Å². The number of hydrogen-bond acceptors (Lipinski definition) is 2. The number of unbranched alkanes of at least 4 members (excludes halogenated alkanes) is 1. The second kappa shape index (κ2) is 7.61. The molecule has 5 heteroatoms. The molecule has 0 fully saturated rings. The average Bonchev–Trinajstić information content (AvgIpc) is 2.02. The molecule has 0 aliphatic rings. The quantitative estimate of drug-likeness (QED) is 0.412. The van der Waals surface area contributed by atoms with E-state index in [1.165, 1.54) is 0 Å². The van der Waals surface area contributed by atoms with E-state index in [9.17, 15) is 4.79 Å². The van der Waals surface area contributed by atoms with Gasteiger partial charge < -0.3 is 4.74 Å². The molecule has 0 aliphatic carbocycles. The fourth-order valence-corrected chi connectivity index (χ4v) is 1.24. The molecule has 0 saturated carbocycles.